The monoisotopic (exact) mass is 804 g/mol. The second-order valence-corrected chi connectivity index (χ2v) is 15.6. The molecule has 3 heteroatoms. The molecule has 0 fully saturated rings. The van der Waals surface area contributed by atoms with E-state index in [1.165, 1.54) is 78.4 Å². The van der Waals surface area contributed by atoms with Crippen molar-refractivity contribution in [3.05, 3.63) is 185 Å². The number of halogens is 1. The predicted octanol–water partition coefficient (Wildman–Crippen LogP) is 9.46. The highest BCUT2D eigenvalue weighted by molar-refractivity contribution is 6.04. The van der Waals surface area contributed by atoms with Crippen molar-refractivity contribution >= 4 is 22.7 Å². The van der Waals surface area contributed by atoms with Crippen LogP contribution >= 0.6 is 0 Å². The van der Waals surface area contributed by atoms with Crippen LogP contribution in [-0.2, 0) is 10.8 Å². The van der Waals surface area contributed by atoms with Crippen molar-refractivity contribution in [1.29, 1.82) is 0 Å². The fourth-order valence-corrected chi connectivity index (χ4v) is 8.89. The first-order chi connectivity index (χ1) is 25.1. The molecule has 53 heavy (non-hydrogen) atoms. The highest BCUT2D eigenvalue weighted by Crippen LogP contribution is 2.49. The number of rotatable bonds is 6. The molecule has 0 aromatic heterocycles. The van der Waals surface area contributed by atoms with Crippen LogP contribution in [0, 0.1) is 0 Å². The molecule has 2 heterocycles. The summed E-state index contributed by atoms with van der Waals surface area (Å²) in [5, 5.41) is 0. The van der Waals surface area contributed by atoms with E-state index in [2.05, 4.69) is 203 Å². The molecule has 5 aromatic carbocycles. The third kappa shape index (κ3) is 6.58. The average molecular weight is 805 g/mol. The van der Waals surface area contributed by atoms with E-state index in [-0.39, 0.29) is 34.8 Å². The molecule has 1 aliphatic carbocycles. The molecule has 0 bridgehead atoms. The van der Waals surface area contributed by atoms with Crippen molar-refractivity contribution in [2.45, 2.75) is 57.8 Å². The number of hydrogen-bond acceptors (Lipinski definition) is 1. The average Bonchev–Trinajstić information content (AvgIpc) is 3.49. The van der Waals surface area contributed by atoms with Crippen LogP contribution in [0.5, 0.6) is 0 Å². The molecule has 2 aliphatic heterocycles. The molecule has 0 amide bonds. The van der Waals surface area contributed by atoms with E-state index < -0.39 is 0 Å². The Morgan fingerprint density at radius 2 is 1.15 bits per heavy atom. The minimum absolute atomic E-state index is 0. The normalized spacial score (nSPS) is 18.9. The summed E-state index contributed by atoms with van der Waals surface area (Å²) in [6, 6.07) is 46.4. The van der Waals surface area contributed by atoms with Crippen LogP contribution in [0.3, 0.4) is 0 Å². The van der Waals surface area contributed by atoms with E-state index >= 15 is 0 Å². The number of benzene rings is 5. The van der Waals surface area contributed by atoms with E-state index in [4.69, 9.17) is 0 Å². The van der Waals surface area contributed by atoms with Crippen LogP contribution in [-0.4, -0.2) is 24.4 Å². The largest absolute Gasteiger partial charge is 1.00 e. The zero-order chi connectivity index (χ0) is 36.0. The summed E-state index contributed by atoms with van der Waals surface area (Å²) in [7, 11) is 4.45. The Morgan fingerprint density at radius 1 is 0.585 bits per heavy atom. The summed E-state index contributed by atoms with van der Waals surface area (Å²) >= 11 is 0. The maximum absolute atomic E-state index is 2.42. The lowest BCUT2D eigenvalue weighted by molar-refractivity contribution is -0.401. The molecule has 2 nitrogen and oxygen atoms in total. The van der Waals surface area contributed by atoms with Crippen LogP contribution in [0.25, 0.3) is 27.8 Å². The summed E-state index contributed by atoms with van der Waals surface area (Å²) in [6.07, 6.45) is 12.9. The first kappa shape index (κ1) is 36.6. The molecule has 3 aliphatic rings. The summed E-state index contributed by atoms with van der Waals surface area (Å²) in [4.78, 5) is 2.40. The summed E-state index contributed by atoms with van der Waals surface area (Å²) < 4.78 is 2.40. The van der Waals surface area contributed by atoms with Crippen LogP contribution < -0.4 is 28.9 Å². The van der Waals surface area contributed by atoms with Crippen LogP contribution in [0.2, 0.25) is 0 Å². The van der Waals surface area contributed by atoms with Crippen molar-refractivity contribution in [2.75, 3.05) is 19.0 Å². The van der Waals surface area contributed by atoms with Gasteiger partial charge in [0.25, 0.3) is 0 Å². The van der Waals surface area contributed by atoms with Gasteiger partial charge in [-0.1, -0.05) is 123 Å². The smallest absolute Gasteiger partial charge is 0.209 e. The van der Waals surface area contributed by atoms with Gasteiger partial charge in [-0.2, -0.15) is 4.58 Å². The van der Waals surface area contributed by atoms with Crippen LogP contribution in [0.15, 0.2) is 169 Å². The quantitative estimate of drug-likeness (QED) is 0.123. The summed E-state index contributed by atoms with van der Waals surface area (Å²) in [5.74, 6) is 0. The zero-order valence-corrected chi connectivity index (χ0v) is 34.0. The SMILES string of the molecule is CN1/C(=C/C=C2\CCCC(/C=C/C3=[N+](C)c4ccc(-c5ccccc5)cc4C3(C)C)=C2c2ccccc2)C(C)(C)c2cc(-c3ccccc3)ccc21.[I-]. The molecule has 266 valence electrons. The van der Waals surface area contributed by atoms with Gasteiger partial charge < -0.3 is 28.9 Å². The molecule has 5 aromatic rings. The number of hydrogen-bond donors (Lipinski definition) is 0. The number of anilines is 1. The maximum atomic E-state index is 2.42. The van der Waals surface area contributed by atoms with Gasteiger partial charge in [0.15, 0.2) is 5.71 Å². The van der Waals surface area contributed by atoms with Gasteiger partial charge in [-0.3, -0.25) is 0 Å². The predicted molar refractivity (Wildman–Crippen MR) is 222 cm³/mol. The molecule has 0 N–H and O–H groups in total. The van der Waals surface area contributed by atoms with E-state index in [0.717, 1.165) is 19.3 Å². The van der Waals surface area contributed by atoms with E-state index in [1.54, 1.807) is 0 Å². The minimum Gasteiger partial charge on any atom is -1.00 e. The lowest BCUT2D eigenvalue weighted by Gasteiger charge is -2.25. The Balaban J connectivity index is 0.00000435. The molecule has 0 saturated carbocycles. The lowest BCUT2D eigenvalue weighted by atomic mass is 9.79. The van der Waals surface area contributed by atoms with E-state index in [0.29, 0.717) is 0 Å². The number of allylic oxidation sites excluding steroid dienone is 8. The fourth-order valence-electron chi connectivity index (χ4n) is 8.89. The Hall–Kier alpha value is -4.74. The van der Waals surface area contributed by atoms with Gasteiger partial charge in [-0.25, -0.2) is 0 Å². The highest BCUT2D eigenvalue weighted by Gasteiger charge is 2.43. The number of likely N-dealkylation sites (N-methyl/N-ethyl adjacent to an activating group) is 1. The van der Waals surface area contributed by atoms with Gasteiger partial charge in [0.05, 0.1) is 5.41 Å². The van der Waals surface area contributed by atoms with Gasteiger partial charge in [-0.05, 0) is 114 Å². The molecular weight excluding hydrogens is 755 g/mol. The van der Waals surface area contributed by atoms with Crippen molar-refractivity contribution in [1.82, 2.24) is 0 Å². The second-order valence-electron chi connectivity index (χ2n) is 15.6. The molecule has 0 atom stereocenters. The summed E-state index contributed by atoms with van der Waals surface area (Å²) in [5.41, 5.74) is 18.3. The number of nitrogens with zero attached hydrogens (tertiary/aromatic N) is 2. The third-order valence-corrected chi connectivity index (χ3v) is 11.8. The standard InChI is InChI=1S/C50H49N2.HI/c1-49(2)42-33-40(35-17-10-7-11-18-35)25-29-44(42)51(5)46(49)31-27-38-23-16-24-39(48(38)37-21-14-9-15-22-37)28-32-47-50(3,4)43-34-41(26-30-45(43)52(47)6)36-19-12-8-13-20-36;/h7-15,17-22,25-34H,16,23-24H2,1-6H3;1H/q+1;/p-1. The van der Waals surface area contributed by atoms with E-state index in [1.807, 2.05) is 0 Å². The minimum atomic E-state index is -0.120. The zero-order valence-electron chi connectivity index (χ0n) is 31.8. The Kier molecular flexibility index (Phi) is 10.1. The van der Waals surface area contributed by atoms with Gasteiger partial charge in [-0.15, -0.1) is 0 Å². The Bertz CT molecular complexity index is 2320. The Labute approximate surface area is 333 Å². The van der Waals surface area contributed by atoms with E-state index in [9.17, 15) is 0 Å². The first-order valence-corrected chi connectivity index (χ1v) is 18.8. The summed E-state index contributed by atoms with van der Waals surface area (Å²) in [6.45, 7) is 9.48. The molecule has 0 spiro atoms. The topological polar surface area (TPSA) is 6.25 Å². The maximum Gasteiger partial charge on any atom is 0.209 e. The molecule has 0 radical (unpaired) electrons. The molecular formula is C50H49IN2. The second kappa shape index (κ2) is 14.6. The van der Waals surface area contributed by atoms with Crippen molar-refractivity contribution in [2.24, 2.45) is 0 Å². The third-order valence-electron chi connectivity index (χ3n) is 11.8. The van der Waals surface area contributed by atoms with Gasteiger partial charge in [0.2, 0.25) is 5.69 Å². The lowest BCUT2D eigenvalue weighted by Crippen LogP contribution is -3.00. The van der Waals surface area contributed by atoms with Crippen LogP contribution in [0.4, 0.5) is 11.4 Å². The van der Waals surface area contributed by atoms with Gasteiger partial charge in [0.1, 0.15) is 7.05 Å². The number of fused-ring (bicyclic) bond motifs is 2. The van der Waals surface area contributed by atoms with Crippen molar-refractivity contribution < 1.29 is 28.6 Å². The molecule has 0 unspecified atom stereocenters. The highest BCUT2D eigenvalue weighted by atomic mass is 127. The fraction of sp³-hybridized carbons (Fsp3) is 0.220. The first-order valence-electron chi connectivity index (χ1n) is 18.8. The molecule has 8 rings (SSSR count). The van der Waals surface area contributed by atoms with Crippen molar-refractivity contribution in [3.63, 3.8) is 0 Å². The molecule has 0 saturated heterocycles. The van der Waals surface area contributed by atoms with Gasteiger partial charge in [0, 0.05) is 41.6 Å². The Morgan fingerprint density at radius 3 is 1.77 bits per heavy atom. The van der Waals surface area contributed by atoms with Gasteiger partial charge >= 0.3 is 0 Å². The van der Waals surface area contributed by atoms with Crippen molar-refractivity contribution in [3.8, 4) is 22.3 Å². The van der Waals surface area contributed by atoms with Crippen LogP contribution in [0.1, 0.15) is 63.6 Å².